The van der Waals surface area contributed by atoms with Crippen LogP contribution >= 0.6 is 0 Å². The molecule has 10 heteroatoms. The van der Waals surface area contributed by atoms with Crippen molar-refractivity contribution < 1.29 is 18.0 Å². The maximum Gasteiger partial charge on any atom is 0.416 e. The molecule has 1 amide bonds. The first-order valence-electron chi connectivity index (χ1n) is 10.8. The summed E-state index contributed by atoms with van der Waals surface area (Å²) in [5, 5.41) is 6.85. The van der Waals surface area contributed by atoms with Gasteiger partial charge in [0, 0.05) is 43.1 Å². The van der Waals surface area contributed by atoms with Gasteiger partial charge in [-0.15, -0.1) is 0 Å². The van der Waals surface area contributed by atoms with Gasteiger partial charge < -0.3 is 10.3 Å². The Morgan fingerprint density at radius 3 is 2.47 bits per heavy atom. The molecule has 0 spiro atoms. The van der Waals surface area contributed by atoms with Crippen LogP contribution in [0.1, 0.15) is 57.1 Å². The van der Waals surface area contributed by atoms with E-state index >= 15 is 0 Å². The zero-order chi connectivity index (χ0) is 25.2. The zero-order valence-corrected chi connectivity index (χ0v) is 19.7. The molecule has 7 nitrogen and oxygen atoms in total. The number of rotatable bonds is 7. The van der Waals surface area contributed by atoms with Gasteiger partial charge in [-0.2, -0.15) is 18.3 Å². The Hall–Kier alpha value is -3.40. The molecule has 0 aliphatic heterocycles. The van der Waals surface area contributed by atoms with E-state index in [4.69, 9.17) is 0 Å². The lowest BCUT2D eigenvalue weighted by Crippen LogP contribution is -2.31. The van der Waals surface area contributed by atoms with Crippen molar-refractivity contribution in [1.29, 1.82) is 0 Å². The lowest BCUT2D eigenvalue weighted by Gasteiger charge is -2.25. The maximum atomic E-state index is 13.1. The SMILES string of the molecule is Cc1nn(C)c(C)c1C(C)N(C)Cc1ccc(C(=O)NCc2ccccc2C(F)(F)F)c(=O)[nH]1. The number of hydrogen-bond acceptors (Lipinski definition) is 4. The van der Waals surface area contributed by atoms with Crippen molar-refractivity contribution >= 4 is 5.91 Å². The summed E-state index contributed by atoms with van der Waals surface area (Å²) < 4.78 is 41.3. The van der Waals surface area contributed by atoms with Gasteiger partial charge in [-0.25, -0.2) is 0 Å². The topological polar surface area (TPSA) is 83.0 Å². The standard InChI is InChI=1S/C24H28F3N5O2/c1-14-21(16(3)32(5)30-14)15(2)31(4)13-18-10-11-19(23(34)29-18)22(33)28-12-17-8-6-7-9-20(17)24(25,26)27/h6-11,15H,12-13H2,1-5H3,(H,28,33)(H,29,34). The molecule has 1 atom stereocenters. The summed E-state index contributed by atoms with van der Waals surface area (Å²) in [6, 6.07) is 8.05. The van der Waals surface area contributed by atoms with Crippen LogP contribution in [0.5, 0.6) is 0 Å². The summed E-state index contributed by atoms with van der Waals surface area (Å²) in [7, 11) is 3.81. The number of nitrogens with one attached hydrogen (secondary N) is 2. The molecule has 34 heavy (non-hydrogen) atoms. The minimum Gasteiger partial charge on any atom is -0.348 e. The summed E-state index contributed by atoms with van der Waals surface area (Å²) in [4.78, 5) is 29.8. The number of carbonyl (C=O) groups excluding carboxylic acids is 1. The monoisotopic (exact) mass is 475 g/mol. The molecule has 0 saturated carbocycles. The summed E-state index contributed by atoms with van der Waals surface area (Å²) in [6.45, 7) is 6.08. The molecule has 2 aromatic heterocycles. The van der Waals surface area contributed by atoms with Crippen LogP contribution in [0.3, 0.4) is 0 Å². The number of alkyl halides is 3. The molecule has 0 aliphatic rings. The Bertz CT molecular complexity index is 1250. The third-order valence-electron chi connectivity index (χ3n) is 6.04. The molecule has 1 aromatic carbocycles. The van der Waals surface area contributed by atoms with Crippen molar-refractivity contribution in [3.63, 3.8) is 0 Å². The molecule has 0 aliphatic carbocycles. The fourth-order valence-electron chi connectivity index (χ4n) is 4.03. The van der Waals surface area contributed by atoms with Gasteiger partial charge in [-0.3, -0.25) is 19.2 Å². The Kier molecular flexibility index (Phi) is 7.30. The second-order valence-electron chi connectivity index (χ2n) is 8.36. The van der Waals surface area contributed by atoms with E-state index in [2.05, 4.69) is 27.2 Å². The highest BCUT2D eigenvalue weighted by atomic mass is 19.4. The Morgan fingerprint density at radius 2 is 1.88 bits per heavy atom. The second-order valence-corrected chi connectivity index (χ2v) is 8.36. The lowest BCUT2D eigenvalue weighted by atomic mass is 10.1. The fraction of sp³-hybridized carbons (Fsp3) is 0.375. The molecule has 0 radical (unpaired) electrons. The van der Waals surface area contributed by atoms with Crippen molar-refractivity contribution in [3.05, 3.63) is 86.1 Å². The van der Waals surface area contributed by atoms with Crippen molar-refractivity contribution in [3.8, 4) is 0 Å². The van der Waals surface area contributed by atoms with Gasteiger partial charge in [0.25, 0.3) is 11.5 Å². The molecule has 3 aromatic rings. The first-order chi connectivity index (χ1) is 15.9. The minimum atomic E-state index is -4.53. The van der Waals surface area contributed by atoms with Crippen LogP contribution in [-0.4, -0.2) is 32.6 Å². The van der Waals surface area contributed by atoms with Crippen LogP contribution in [0.25, 0.3) is 0 Å². The second kappa shape index (κ2) is 9.84. The van der Waals surface area contributed by atoms with Crippen LogP contribution in [0.4, 0.5) is 13.2 Å². The Morgan fingerprint density at radius 1 is 1.21 bits per heavy atom. The molecule has 2 heterocycles. The van der Waals surface area contributed by atoms with Gasteiger partial charge in [0.05, 0.1) is 11.3 Å². The molecule has 0 saturated heterocycles. The average Bonchev–Trinajstić information content (AvgIpc) is 3.02. The van der Waals surface area contributed by atoms with Crippen molar-refractivity contribution in [2.45, 2.75) is 46.1 Å². The lowest BCUT2D eigenvalue weighted by molar-refractivity contribution is -0.138. The van der Waals surface area contributed by atoms with E-state index in [1.54, 1.807) is 6.07 Å². The van der Waals surface area contributed by atoms with Crippen LogP contribution in [0, 0.1) is 13.8 Å². The minimum absolute atomic E-state index is 0.0360. The molecule has 1 unspecified atom stereocenters. The molecule has 2 N–H and O–H groups in total. The third-order valence-corrected chi connectivity index (χ3v) is 6.04. The van der Waals surface area contributed by atoms with E-state index in [-0.39, 0.29) is 23.7 Å². The highest BCUT2D eigenvalue weighted by Crippen LogP contribution is 2.31. The van der Waals surface area contributed by atoms with Crippen LogP contribution in [-0.2, 0) is 26.3 Å². The molecular weight excluding hydrogens is 447 g/mol. The summed E-state index contributed by atoms with van der Waals surface area (Å²) in [5.41, 5.74) is 2.05. The molecule has 0 bridgehead atoms. The predicted molar refractivity (Wildman–Crippen MR) is 122 cm³/mol. The van der Waals surface area contributed by atoms with Crippen LogP contribution in [0.15, 0.2) is 41.2 Å². The van der Waals surface area contributed by atoms with E-state index in [9.17, 15) is 22.8 Å². The normalized spacial score (nSPS) is 12.7. The van der Waals surface area contributed by atoms with Crippen LogP contribution < -0.4 is 10.9 Å². The van der Waals surface area contributed by atoms with E-state index in [1.165, 1.54) is 24.3 Å². The van der Waals surface area contributed by atoms with Crippen molar-refractivity contribution in [1.82, 2.24) is 25.0 Å². The highest BCUT2D eigenvalue weighted by Gasteiger charge is 2.32. The Balaban J connectivity index is 1.69. The van der Waals surface area contributed by atoms with Gasteiger partial charge in [0.1, 0.15) is 5.56 Å². The molecule has 182 valence electrons. The number of hydrogen-bond donors (Lipinski definition) is 2. The van der Waals surface area contributed by atoms with Gasteiger partial charge >= 0.3 is 6.18 Å². The number of nitrogens with zero attached hydrogens (tertiary/aromatic N) is 3. The fourth-order valence-corrected chi connectivity index (χ4v) is 4.03. The van der Waals surface area contributed by atoms with Crippen LogP contribution in [0.2, 0.25) is 0 Å². The maximum absolute atomic E-state index is 13.1. The van der Waals surface area contributed by atoms with Gasteiger partial charge in [0.15, 0.2) is 0 Å². The quantitative estimate of drug-likeness (QED) is 0.544. The first-order valence-corrected chi connectivity index (χ1v) is 10.8. The summed E-state index contributed by atoms with van der Waals surface area (Å²) >= 11 is 0. The summed E-state index contributed by atoms with van der Waals surface area (Å²) in [5.74, 6) is -0.742. The molecule has 3 rings (SSSR count). The number of pyridine rings is 1. The predicted octanol–water partition coefficient (Wildman–Crippen LogP) is 3.87. The smallest absolute Gasteiger partial charge is 0.348 e. The Labute approximate surface area is 195 Å². The van der Waals surface area contributed by atoms with E-state index in [0.29, 0.717) is 12.2 Å². The third kappa shape index (κ3) is 5.39. The van der Waals surface area contributed by atoms with Gasteiger partial charge in [0.2, 0.25) is 0 Å². The van der Waals surface area contributed by atoms with Gasteiger partial charge in [-0.05, 0) is 51.6 Å². The first kappa shape index (κ1) is 25.2. The number of H-pyrrole nitrogens is 1. The van der Waals surface area contributed by atoms with E-state index in [0.717, 1.165) is 23.0 Å². The molecular formula is C24H28F3N5O2. The number of aryl methyl sites for hydroxylation is 2. The number of carbonyl (C=O) groups is 1. The van der Waals surface area contributed by atoms with Crippen molar-refractivity contribution in [2.75, 3.05) is 7.05 Å². The number of benzene rings is 1. The summed E-state index contributed by atoms with van der Waals surface area (Å²) in [6.07, 6.45) is -4.53. The van der Waals surface area contributed by atoms with Crippen molar-refractivity contribution in [2.24, 2.45) is 7.05 Å². The zero-order valence-electron chi connectivity index (χ0n) is 19.7. The number of aromatic amines is 1. The van der Waals surface area contributed by atoms with E-state index < -0.39 is 23.2 Å². The van der Waals surface area contributed by atoms with E-state index in [1.807, 2.05) is 32.6 Å². The largest absolute Gasteiger partial charge is 0.416 e. The van der Waals surface area contributed by atoms with Gasteiger partial charge in [-0.1, -0.05) is 18.2 Å². The molecule has 0 fully saturated rings. The highest BCUT2D eigenvalue weighted by molar-refractivity contribution is 5.93. The number of halogens is 3. The average molecular weight is 476 g/mol. The number of amides is 1. The number of aromatic nitrogens is 3.